The minimum atomic E-state index is -0.242. The number of carbonyl (C=O) groups is 1. The van der Waals surface area contributed by atoms with E-state index in [0.29, 0.717) is 24.8 Å². The van der Waals surface area contributed by atoms with Gasteiger partial charge in [-0.25, -0.2) is 4.90 Å². The molecule has 7 heteroatoms. The fraction of sp³-hybridized carbons (Fsp3) is 0.357. The third-order valence-corrected chi connectivity index (χ3v) is 4.31. The third kappa shape index (κ3) is 2.07. The van der Waals surface area contributed by atoms with Gasteiger partial charge in [-0.1, -0.05) is 17.7 Å². The molecule has 0 saturated carbocycles. The lowest BCUT2D eigenvalue weighted by molar-refractivity contribution is -0.139. The molecular formula is C14H13ClN4O2. The van der Waals surface area contributed by atoms with Gasteiger partial charge in [0.05, 0.1) is 17.9 Å². The predicted octanol–water partition coefficient (Wildman–Crippen LogP) is 1.11. The number of rotatable bonds is 1. The number of cyclic esters (lactones) is 1. The number of benzene rings is 1. The molecule has 1 aromatic heterocycles. The standard InChI is InChI=1S/C14H13ClN4O2/c15-9-1-2-10-8(3-9)4-17-18-13(10)11-5-16-6-12-14(20)21-7-19(11)12/h1-4,11-12,16H,5-7H2. The number of piperazine rings is 1. The van der Waals surface area contributed by atoms with Crippen LogP contribution in [0.15, 0.2) is 24.4 Å². The number of carbonyl (C=O) groups excluding carboxylic acids is 1. The minimum Gasteiger partial charge on any atom is -0.448 e. The van der Waals surface area contributed by atoms with Crippen LogP contribution >= 0.6 is 11.6 Å². The summed E-state index contributed by atoms with van der Waals surface area (Å²) in [6, 6.07) is 5.38. The van der Waals surface area contributed by atoms with Gasteiger partial charge in [-0.15, -0.1) is 0 Å². The molecule has 2 unspecified atom stereocenters. The van der Waals surface area contributed by atoms with E-state index in [0.717, 1.165) is 16.5 Å². The maximum absolute atomic E-state index is 11.7. The van der Waals surface area contributed by atoms with Crippen molar-refractivity contribution < 1.29 is 9.53 Å². The molecule has 1 aromatic carbocycles. The SMILES string of the molecule is O=C1OCN2C1CNCC2c1nncc2cc(Cl)ccc12. The minimum absolute atomic E-state index is 0.0347. The van der Waals surface area contributed by atoms with Crippen LogP contribution in [0.4, 0.5) is 0 Å². The maximum atomic E-state index is 11.7. The Morgan fingerprint density at radius 1 is 1.33 bits per heavy atom. The molecule has 0 spiro atoms. The number of esters is 1. The molecule has 1 N–H and O–H groups in total. The first kappa shape index (κ1) is 12.9. The van der Waals surface area contributed by atoms with Gasteiger partial charge >= 0.3 is 5.97 Å². The molecular weight excluding hydrogens is 292 g/mol. The number of hydrogen-bond acceptors (Lipinski definition) is 6. The van der Waals surface area contributed by atoms with Crippen LogP contribution in [-0.4, -0.2) is 46.9 Å². The van der Waals surface area contributed by atoms with E-state index in [9.17, 15) is 4.79 Å². The summed E-state index contributed by atoms with van der Waals surface area (Å²) in [5.74, 6) is -0.177. The Morgan fingerprint density at radius 2 is 2.19 bits per heavy atom. The molecule has 21 heavy (non-hydrogen) atoms. The predicted molar refractivity (Wildman–Crippen MR) is 76.7 cm³/mol. The van der Waals surface area contributed by atoms with Gasteiger partial charge in [-0.3, -0.25) is 4.79 Å². The largest absolute Gasteiger partial charge is 0.448 e. The summed E-state index contributed by atoms with van der Waals surface area (Å²) in [7, 11) is 0. The molecule has 0 bridgehead atoms. The Kier molecular flexibility index (Phi) is 3.02. The van der Waals surface area contributed by atoms with Crippen molar-refractivity contribution >= 4 is 28.3 Å². The fourth-order valence-corrected chi connectivity index (χ4v) is 3.20. The second kappa shape index (κ2) is 4.91. The van der Waals surface area contributed by atoms with Gasteiger partial charge in [-0.2, -0.15) is 10.2 Å². The average molecular weight is 305 g/mol. The highest BCUT2D eigenvalue weighted by molar-refractivity contribution is 6.31. The average Bonchev–Trinajstić information content (AvgIpc) is 2.88. The summed E-state index contributed by atoms with van der Waals surface area (Å²) in [5, 5.41) is 14.3. The first-order valence-corrected chi connectivity index (χ1v) is 7.16. The van der Waals surface area contributed by atoms with Gasteiger partial charge in [0.25, 0.3) is 0 Å². The molecule has 6 nitrogen and oxygen atoms in total. The van der Waals surface area contributed by atoms with Crippen LogP contribution < -0.4 is 5.32 Å². The highest BCUT2D eigenvalue weighted by Crippen LogP contribution is 2.32. The van der Waals surface area contributed by atoms with Crippen LogP contribution in [0.3, 0.4) is 0 Å². The van der Waals surface area contributed by atoms with E-state index in [1.165, 1.54) is 0 Å². The Labute approximate surface area is 126 Å². The number of aromatic nitrogens is 2. The molecule has 2 atom stereocenters. The van der Waals surface area contributed by atoms with Crippen molar-refractivity contribution in [2.45, 2.75) is 12.1 Å². The van der Waals surface area contributed by atoms with Crippen LogP contribution in [0.5, 0.6) is 0 Å². The third-order valence-electron chi connectivity index (χ3n) is 4.07. The lowest BCUT2D eigenvalue weighted by Crippen LogP contribution is -2.52. The Morgan fingerprint density at radius 3 is 3.10 bits per heavy atom. The Balaban J connectivity index is 1.81. The number of nitrogens with one attached hydrogen (secondary N) is 1. The van der Waals surface area contributed by atoms with E-state index in [4.69, 9.17) is 16.3 Å². The van der Waals surface area contributed by atoms with Gasteiger partial charge in [0, 0.05) is 28.9 Å². The lowest BCUT2D eigenvalue weighted by Gasteiger charge is -2.34. The molecule has 0 aliphatic carbocycles. The topological polar surface area (TPSA) is 67.3 Å². The van der Waals surface area contributed by atoms with Gasteiger partial charge in [0.2, 0.25) is 0 Å². The van der Waals surface area contributed by atoms with Crippen molar-refractivity contribution in [3.63, 3.8) is 0 Å². The highest BCUT2D eigenvalue weighted by atomic mass is 35.5. The van der Waals surface area contributed by atoms with Crippen molar-refractivity contribution in [1.29, 1.82) is 0 Å². The first-order chi connectivity index (χ1) is 10.2. The van der Waals surface area contributed by atoms with E-state index in [1.54, 1.807) is 6.20 Å². The van der Waals surface area contributed by atoms with Crippen molar-refractivity contribution in [1.82, 2.24) is 20.4 Å². The van der Waals surface area contributed by atoms with Crippen LogP contribution in [0.1, 0.15) is 11.7 Å². The molecule has 4 rings (SSSR count). The molecule has 2 saturated heterocycles. The van der Waals surface area contributed by atoms with E-state index in [1.807, 2.05) is 23.1 Å². The number of halogens is 1. The number of ether oxygens (including phenoxy) is 1. The lowest BCUT2D eigenvalue weighted by atomic mass is 10.0. The summed E-state index contributed by atoms with van der Waals surface area (Å²) in [6.45, 7) is 1.63. The summed E-state index contributed by atoms with van der Waals surface area (Å²) in [6.07, 6.45) is 1.70. The molecule has 108 valence electrons. The summed E-state index contributed by atoms with van der Waals surface area (Å²) in [4.78, 5) is 13.8. The fourth-order valence-electron chi connectivity index (χ4n) is 3.02. The van der Waals surface area contributed by atoms with Crippen LogP contribution in [0.2, 0.25) is 5.02 Å². The van der Waals surface area contributed by atoms with E-state index in [-0.39, 0.29) is 18.1 Å². The zero-order valence-electron chi connectivity index (χ0n) is 11.1. The number of nitrogens with zero attached hydrogens (tertiary/aromatic N) is 3. The van der Waals surface area contributed by atoms with Gasteiger partial charge < -0.3 is 10.1 Å². The van der Waals surface area contributed by atoms with Crippen LogP contribution in [0.25, 0.3) is 10.8 Å². The van der Waals surface area contributed by atoms with Crippen molar-refractivity contribution in [2.75, 3.05) is 19.8 Å². The molecule has 2 aliphatic heterocycles. The first-order valence-electron chi connectivity index (χ1n) is 6.78. The molecule has 2 fully saturated rings. The summed E-state index contributed by atoms with van der Waals surface area (Å²) in [5.41, 5.74) is 0.847. The van der Waals surface area contributed by atoms with Crippen molar-refractivity contribution in [3.05, 3.63) is 35.1 Å². The van der Waals surface area contributed by atoms with Crippen LogP contribution in [-0.2, 0) is 9.53 Å². The molecule has 2 aromatic rings. The zero-order chi connectivity index (χ0) is 14.4. The van der Waals surface area contributed by atoms with Crippen molar-refractivity contribution in [3.8, 4) is 0 Å². The van der Waals surface area contributed by atoms with E-state index >= 15 is 0 Å². The second-order valence-electron chi connectivity index (χ2n) is 5.26. The maximum Gasteiger partial charge on any atom is 0.326 e. The number of fused-ring (bicyclic) bond motifs is 2. The summed E-state index contributed by atoms with van der Waals surface area (Å²) >= 11 is 6.03. The smallest absolute Gasteiger partial charge is 0.326 e. The van der Waals surface area contributed by atoms with E-state index < -0.39 is 0 Å². The molecule has 0 radical (unpaired) electrons. The molecule has 2 aliphatic rings. The van der Waals surface area contributed by atoms with Gasteiger partial charge in [0.1, 0.15) is 12.8 Å². The van der Waals surface area contributed by atoms with Gasteiger partial charge in [0.15, 0.2) is 0 Å². The Hall–Kier alpha value is -1.76. The Bertz CT molecular complexity index is 723. The summed E-state index contributed by atoms with van der Waals surface area (Å²) < 4.78 is 5.16. The molecule has 3 heterocycles. The quantitative estimate of drug-likeness (QED) is 0.796. The monoisotopic (exact) mass is 304 g/mol. The zero-order valence-corrected chi connectivity index (χ0v) is 11.9. The van der Waals surface area contributed by atoms with Gasteiger partial charge in [-0.05, 0) is 12.1 Å². The second-order valence-corrected chi connectivity index (χ2v) is 5.69. The van der Waals surface area contributed by atoms with Crippen LogP contribution in [0, 0.1) is 0 Å². The van der Waals surface area contributed by atoms with E-state index in [2.05, 4.69) is 15.5 Å². The normalized spacial score (nSPS) is 25.9. The highest BCUT2D eigenvalue weighted by Gasteiger charge is 2.42. The number of hydrogen-bond donors (Lipinski definition) is 1. The molecule has 0 amide bonds. The van der Waals surface area contributed by atoms with Crippen molar-refractivity contribution in [2.24, 2.45) is 0 Å².